The van der Waals surface area contributed by atoms with Crippen molar-refractivity contribution in [2.45, 2.75) is 50.0 Å². The molecule has 21 heavy (non-hydrogen) atoms. The van der Waals surface area contributed by atoms with Gasteiger partial charge < -0.3 is 4.90 Å². The van der Waals surface area contributed by atoms with Crippen molar-refractivity contribution in [1.29, 1.82) is 0 Å². The molecule has 0 unspecified atom stereocenters. The van der Waals surface area contributed by atoms with Gasteiger partial charge in [-0.2, -0.15) is 0 Å². The van der Waals surface area contributed by atoms with E-state index < -0.39 is 15.4 Å². The lowest BCUT2D eigenvalue weighted by molar-refractivity contribution is -0.121. The van der Waals surface area contributed by atoms with Gasteiger partial charge in [0.15, 0.2) is 0 Å². The molecule has 1 heterocycles. The van der Waals surface area contributed by atoms with Gasteiger partial charge in [-0.3, -0.25) is 4.79 Å². The molecule has 114 valence electrons. The maximum Gasteiger partial charge on any atom is 0.240 e. The Morgan fingerprint density at radius 3 is 2.48 bits per heavy atom. The minimum Gasteiger partial charge on any atom is -0.314 e. The van der Waals surface area contributed by atoms with Crippen LogP contribution < -0.4 is 9.62 Å². The molecule has 1 aliphatic heterocycles. The first kappa shape index (κ1) is 14.5. The summed E-state index contributed by atoms with van der Waals surface area (Å²) >= 11 is 0. The molecule has 0 radical (unpaired) electrons. The predicted octanol–water partition coefficient (Wildman–Crippen LogP) is 1.69. The first-order valence-corrected chi connectivity index (χ1v) is 8.58. The lowest BCUT2D eigenvalue weighted by atomic mass is 9.85. The van der Waals surface area contributed by atoms with E-state index in [2.05, 4.69) is 4.72 Å². The van der Waals surface area contributed by atoms with Crippen molar-refractivity contribution >= 4 is 21.6 Å². The Morgan fingerprint density at radius 2 is 1.90 bits per heavy atom. The summed E-state index contributed by atoms with van der Waals surface area (Å²) in [7, 11) is -1.77. The zero-order valence-electron chi connectivity index (χ0n) is 12.7. The molecule has 0 saturated heterocycles. The number of fused-ring (bicyclic) bond motifs is 1. The molecule has 1 saturated carbocycles. The molecule has 5 nitrogen and oxygen atoms in total. The highest BCUT2D eigenvalue weighted by molar-refractivity contribution is 7.89. The zero-order chi connectivity index (χ0) is 15.6. The molecule has 1 aromatic carbocycles. The average molecular weight is 308 g/mol. The van der Waals surface area contributed by atoms with Gasteiger partial charge in [0.05, 0.1) is 16.0 Å². The Labute approximate surface area is 125 Å². The van der Waals surface area contributed by atoms with Crippen LogP contribution in [0, 0.1) is 6.92 Å². The smallest absolute Gasteiger partial charge is 0.240 e. The maximum absolute atomic E-state index is 12.4. The molecule has 1 aromatic rings. The number of nitrogens with one attached hydrogen (secondary N) is 1. The van der Waals surface area contributed by atoms with Crippen LogP contribution in [0.25, 0.3) is 0 Å². The van der Waals surface area contributed by atoms with Gasteiger partial charge >= 0.3 is 0 Å². The number of rotatable bonds is 3. The van der Waals surface area contributed by atoms with Gasteiger partial charge in [-0.25, -0.2) is 13.1 Å². The standard InChI is InChI=1S/C15H20N2O3S/c1-9-7-11(21(19,20)16-10-5-6-10)8-12-13(9)17(4)14(18)15(12,2)3/h7-8,10,16H,5-6H2,1-4H3. The first-order chi connectivity index (χ1) is 9.64. The number of carbonyl (C=O) groups is 1. The van der Waals surface area contributed by atoms with Gasteiger partial charge in [-0.15, -0.1) is 0 Å². The van der Waals surface area contributed by atoms with E-state index in [0.29, 0.717) is 0 Å². The largest absolute Gasteiger partial charge is 0.314 e. The van der Waals surface area contributed by atoms with Crippen LogP contribution in [0.4, 0.5) is 5.69 Å². The highest BCUT2D eigenvalue weighted by atomic mass is 32.2. The molecule has 0 atom stereocenters. The number of likely N-dealkylation sites (N-methyl/N-ethyl adjacent to an activating group) is 1. The molecule has 1 fully saturated rings. The number of benzene rings is 1. The quantitative estimate of drug-likeness (QED) is 0.924. The van der Waals surface area contributed by atoms with Gasteiger partial charge in [0, 0.05) is 13.1 Å². The van der Waals surface area contributed by atoms with Crippen LogP contribution in [-0.2, 0) is 20.2 Å². The van der Waals surface area contributed by atoms with E-state index >= 15 is 0 Å². The Bertz CT molecular complexity index is 734. The molecule has 0 aromatic heterocycles. The molecular weight excluding hydrogens is 288 g/mol. The minimum atomic E-state index is -3.51. The van der Waals surface area contributed by atoms with E-state index in [1.807, 2.05) is 20.8 Å². The number of anilines is 1. The number of carbonyl (C=O) groups excluding carboxylic acids is 1. The van der Waals surface area contributed by atoms with Crippen LogP contribution in [-0.4, -0.2) is 27.4 Å². The molecule has 1 aliphatic carbocycles. The summed E-state index contributed by atoms with van der Waals surface area (Å²) in [6, 6.07) is 3.37. The maximum atomic E-state index is 12.4. The summed E-state index contributed by atoms with van der Waals surface area (Å²) in [5.74, 6) is -0.00898. The SMILES string of the molecule is Cc1cc(S(=O)(=O)NC2CC2)cc2c1N(C)C(=O)C2(C)C. The van der Waals surface area contributed by atoms with Crippen molar-refractivity contribution < 1.29 is 13.2 Å². The lowest BCUT2D eigenvalue weighted by Crippen LogP contribution is -2.33. The topological polar surface area (TPSA) is 66.5 Å². The van der Waals surface area contributed by atoms with Crippen molar-refractivity contribution in [3.63, 3.8) is 0 Å². The zero-order valence-corrected chi connectivity index (χ0v) is 13.5. The lowest BCUT2D eigenvalue weighted by Gasteiger charge is -2.17. The summed E-state index contributed by atoms with van der Waals surface area (Å²) in [6.07, 6.45) is 1.80. The first-order valence-electron chi connectivity index (χ1n) is 7.10. The molecule has 3 rings (SSSR count). The molecule has 1 N–H and O–H groups in total. The Hall–Kier alpha value is -1.40. The van der Waals surface area contributed by atoms with Gasteiger partial charge in [0.25, 0.3) is 0 Å². The number of amides is 1. The molecular formula is C15H20N2O3S. The summed E-state index contributed by atoms with van der Waals surface area (Å²) in [5, 5.41) is 0. The van der Waals surface area contributed by atoms with E-state index in [0.717, 1.165) is 29.7 Å². The minimum absolute atomic E-state index is 0.00898. The number of sulfonamides is 1. The number of hydrogen-bond donors (Lipinski definition) is 1. The summed E-state index contributed by atoms with van der Waals surface area (Å²) < 4.78 is 27.5. The van der Waals surface area contributed by atoms with Crippen LogP contribution >= 0.6 is 0 Å². The van der Waals surface area contributed by atoms with E-state index in [-0.39, 0.29) is 16.8 Å². The van der Waals surface area contributed by atoms with Crippen molar-refractivity contribution in [3.8, 4) is 0 Å². The normalized spacial score (nSPS) is 20.8. The molecule has 0 spiro atoms. The van der Waals surface area contributed by atoms with Crippen molar-refractivity contribution in [2.75, 3.05) is 11.9 Å². The average Bonchev–Trinajstić information content (AvgIpc) is 3.16. The van der Waals surface area contributed by atoms with Crippen molar-refractivity contribution in [3.05, 3.63) is 23.3 Å². The Kier molecular flexibility index (Phi) is 2.98. The highest BCUT2D eigenvalue weighted by Crippen LogP contribution is 2.43. The fourth-order valence-corrected chi connectivity index (χ4v) is 4.36. The predicted molar refractivity (Wildman–Crippen MR) is 81.0 cm³/mol. The van der Waals surface area contributed by atoms with Gasteiger partial charge in [-0.1, -0.05) is 0 Å². The summed E-state index contributed by atoms with van der Waals surface area (Å²) in [5.41, 5.74) is 1.73. The van der Waals surface area contributed by atoms with Crippen LogP contribution in [0.5, 0.6) is 0 Å². The molecule has 2 aliphatic rings. The third-order valence-corrected chi connectivity index (χ3v) is 5.83. The summed E-state index contributed by atoms with van der Waals surface area (Å²) in [4.78, 5) is 14.2. The van der Waals surface area contributed by atoms with Gasteiger partial charge in [-0.05, 0) is 56.9 Å². The van der Waals surface area contributed by atoms with E-state index in [1.54, 1.807) is 24.1 Å². The van der Waals surface area contributed by atoms with E-state index in [1.165, 1.54) is 0 Å². The fourth-order valence-electron chi connectivity index (χ4n) is 2.95. The van der Waals surface area contributed by atoms with Gasteiger partial charge in [0.2, 0.25) is 15.9 Å². The number of hydrogen-bond acceptors (Lipinski definition) is 3. The van der Waals surface area contributed by atoms with Crippen molar-refractivity contribution in [2.24, 2.45) is 0 Å². The van der Waals surface area contributed by atoms with E-state index in [9.17, 15) is 13.2 Å². The van der Waals surface area contributed by atoms with Gasteiger partial charge in [0.1, 0.15) is 0 Å². The van der Waals surface area contributed by atoms with Crippen LogP contribution in [0.3, 0.4) is 0 Å². The van der Waals surface area contributed by atoms with E-state index in [4.69, 9.17) is 0 Å². The summed E-state index contributed by atoms with van der Waals surface area (Å²) in [6.45, 7) is 5.52. The Balaban J connectivity index is 2.14. The van der Waals surface area contributed by atoms with Crippen LogP contribution in [0.1, 0.15) is 37.8 Å². The molecule has 6 heteroatoms. The molecule has 1 amide bonds. The second-order valence-corrected chi connectivity index (χ2v) is 8.24. The number of aryl methyl sites for hydroxylation is 1. The second kappa shape index (κ2) is 4.30. The third kappa shape index (κ3) is 2.17. The van der Waals surface area contributed by atoms with Crippen molar-refractivity contribution in [1.82, 2.24) is 4.72 Å². The van der Waals surface area contributed by atoms with Crippen LogP contribution in [0.15, 0.2) is 17.0 Å². The number of nitrogens with zero attached hydrogens (tertiary/aromatic N) is 1. The van der Waals surface area contributed by atoms with Crippen LogP contribution in [0.2, 0.25) is 0 Å². The fraction of sp³-hybridized carbons (Fsp3) is 0.533. The Morgan fingerprint density at radius 1 is 1.29 bits per heavy atom. The second-order valence-electron chi connectivity index (χ2n) is 6.52. The molecule has 0 bridgehead atoms. The highest BCUT2D eigenvalue weighted by Gasteiger charge is 2.44. The third-order valence-electron chi connectivity index (χ3n) is 4.33. The monoisotopic (exact) mass is 308 g/mol.